The molecule has 4 nitrogen and oxygen atoms in total. The van der Waals surface area contributed by atoms with Crippen LogP contribution in [0.25, 0.3) is 0 Å². The maximum absolute atomic E-state index is 11.3. The van der Waals surface area contributed by atoms with E-state index in [9.17, 15) is 9.59 Å². The van der Waals surface area contributed by atoms with Crippen molar-refractivity contribution in [2.75, 3.05) is 6.61 Å². The van der Waals surface area contributed by atoms with Crippen LogP contribution in [0.1, 0.15) is 30.4 Å². The summed E-state index contributed by atoms with van der Waals surface area (Å²) in [5.74, 6) is -0.616. The van der Waals surface area contributed by atoms with Gasteiger partial charge < -0.3 is 9.84 Å². The van der Waals surface area contributed by atoms with Crippen molar-refractivity contribution >= 4 is 23.4 Å². The molecule has 0 radical (unpaired) electrons. The monoisotopic (exact) mass is 270 g/mol. The van der Waals surface area contributed by atoms with Gasteiger partial charge in [-0.3, -0.25) is 9.59 Å². The van der Waals surface area contributed by atoms with Gasteiger partial charge in [-0.1, -0.05) is 6.07 Å². The molecule has 0 aliphatic heterocycles. The Morgan fingerprint density at radius 1 is 1.44 bits per heavy atom. The summed E-state index contributed by atoms with van der Waals surface area (Å²) >= 11 is 5.98. The summed E-state index contributed by atoms with van der Waals surface area (Å²) in [7, 11) is 0. The van der Waals surface area contributed by atoms with E-state index >= 15 is 0 Å². The maximum atomic E-state index is 11.3. The molecule has 0 saturated carbocycles. The second-order valence-corrected chi connectivity index (χ2v) is 4.27. The zero-order valence-corrected chi connectivity index (χ0v) is 11.0. The topological polar surface area (TPSA) is 63.6 Å². The molecular formula is C13H15ClO4. The predicted molar refractivity (Wildman–Crippen MR) is 68.2 cm³/mol. The summed E-state index contributed by atoms with van der Waals surface area (Å²) in [6.07, 6.45) is -0.188. The van der Waals surface area contributed by atoms with Crippen LogP contribution < -0.4 is 4.74 Å². The smallest absolute Gasteiger partial charge is 0.307 e. The van der Waals surface area contributed by atoms with Crippen molar-refractivity contribution < 1.29 is 19.4 Å². The number of halogens is 1. The first-order chi connectivity index (χ1) is 8.45. The minimum absolute atomic E-state index is 0.188. The number of hydrogen-bond acceptors (Lipinski definition) is 3. The second-order valence-electron chi connectivity index (χ2n) is 3.84. The van der Waals surface area contributed by atoms with Crippen molar-refractivity contribution in [2.45, 2.75) is 25.6 Å². The van der Waals surface area contributed by atoms with Gasteiger partial charge in [-0.05, 0) is 37.1 Å². The molecule has 0 fully saturated rings. The molecule has 0 saturated heterocycles. The van der Waals surface area contributed by atoms with Gasteiger partial charge in [0.25, 0.3) is 0 Å². The van der Waals surface area contributed by atoms with Crippen LogP contribution in [0.15, 0.2) is 18.2 Å². The Morgan fingerprint density at radius 2 is 2.11 bits per heavy atom. The number of carboxylic acid groups (broad SMARTS) is 1. The number of ether oxygens (including phenoxy) is 1. The second kappa shape index (κ2) is 6.40. The number of carbonyl (C=O) groups excluding carboxylic acids is 1. The van der Waals surface area contributed by atoms with Crippen molar-refractivity contribution in [3.63, 3.8) is 0 Å². The lowest BCUT2D eigenvalue weighted by atomic mass is 9.99. The van der Waals surface area contributed by atoms with E-state index in [4.69, 9.17) is 21.4 Å². The number of benzene rings is 1. The Morgan fingerprint density at radius 3 is 2.61 bits per heavy atom. The van der Waals surface area contributed by atoms with Gasteiger partial charge in [-0.25, -0.2) is 0 Å². The molecule has 0 amide bonds. The van der Waals surface area contributed by atoms with Gasteiger partial charge in [0, 0.05) is 0 Å². The van der Waals surface area contributed by atoms with Crippen molar-refractivity contribution in [3.05, 3.63) is 29.3 Å². The molecule has 1 atom stereocenters. The minimum atomic E-state index is -0.975. The van der Waals surface area contributed by atoms with E-state index in [1.54, 1.807) is 18.2 Å². The van der Waals surface area contributed by atoms with Crippen molar-refractivity contribution in [3.8, 4) is 5.75 Å². The summed E-state index contributed by atoms with van der Waals surface area (Å²) in [6, 6.07) is 4.94. The number of ketones is 1. The highest BCUT2D eigenvalue weighted by atomic mass is 35.5. The molecule has 5 heteroatoms. The molecular weight excluding hydrogens is 256 g/mol. The maximum Gasteiger partial charge on any atom is 0.307 e. The van der Waals surface area contributed by atoms with Gasteiger partial charge in [0.1, 0.15) is 11.1 Å². The fraction of sp³-hybridized carbons (Fsp3) is 0.385. The van der Waals surface area contributed by atoms with Crippen LogP contribution in [-0.2, 0) is 16.0 Å². The lowest BCUT2D eigenvalue weighted by Gasteiger charge is -2.13. The molecule has 0 bridgehead atoms. The van der Waals surface area contributed by atoms with Crippen molar-refractivity contribution in [1.29, 1.82) is 0 Å². The third-order valence-electron chi connectivity index (χ3n) is 2.40. The fourth-order valence-electron chi connectivity index (χ4n) is 1.62. The Kier molecular flexibility index (Phi) is 5.16. The molecule has 98 valence electrons. The highest BCUT2D eigenvalue weighted by Gasteiger charge is 2.19. The molecule has 1 N–H and O–H groups in total. The number of alkyl halides is 1. The lowest BCUT2D eigenvalue weighted by Crippen LogP contribution is -2.09. The summed E-state index contributed by atoms with van der Waals surface area (Å²) < 4.78 is 5.30. The third kappa shape index (κ3) is 3.74. The number of rotatable bonds is 6. The van der Waals surface area contributed by atoms with Crippen LogP contribution in [0.4, 0.5) is 0 Å². The Labute approximate surface area is 111 Å². The van der Waals surface area contributed by atoms with Crippen LogP contribution >= 0.6 is 11.6 Å². The lowest BCUT2D eigenvalue weighted by molar-refractivity contribution is -0.136. The molecule has 0 aliphatic carbocycles. The summed E-state index contributed by atoms with van der Waals surface area (Å²) in [4.78, 5) is 22.1. The first-order valence-electron chi connectivity index (χ1n) is 5.57. The summed E-state index contributed by atoms with van der Waals surface area (Å²) in [5.41, 5.74) is 1.03. The fourth-order valence-corrected chi connectivity index (χ4v) is 1.83. The predicted octanol–water partition coefficient (Wildman–Crippen LogP) is 2.58. The van der Waals surface area contributed by atoms with Gasteiger partial charge in [-0.2, -0.15) is 0 Å². The number of aliphatic carboxylic acids is 1. The van der Waals surface area contributed by atoms with Gasteiger partial charge in [-0.15, -0.1) is 11.6 Å². The SMILES string of the molecule is CCOc1ccc(C(Cl)C(C)=O)c(CC(=O)O)c1. The normalized spacial score (nSPS) is 11.9. The van der Waals surface area contributed by atoms with Crippen molar-refractivity contribution in [1.82, 2.24) is 0 Å². The first-order valence-corrected chi connectivity index (χ1v) is 6.01. The van der Waals surface area contributed by atoms with E-state index in [2.05, 4.69) is 0 Å². The molecule has 1 aromatic rings. The van der Waals surface area contributed by atoms with Crippen molar-refractivity contribution in [2.24, 2.45) is 0 Å². The van der Waals surface area contributed by atoms with E-state index in [1.807, 2.05) is 6.92 Å². The number of hydrogen-bond donors (Lipinski definition) is 1. The van der Waals surface area contributed by atoms with Crippen LogP contribution in [-0.4, -0.2) is 23.5 Å². The van der Waals surface area contributed by atoms with Gasteiger partial charge in [0.15, 0.2) is 5.78 Å². The minimum Gasteiger partial charge on any atom is -0.494 e. The highest BCUT2D eigenvalue weighted by Crippen LogP contribution is 2.28. The van der Waals surface area contributed by atoms with Gasteiger partial charge >= 0.3 is 5.97 Å². The van der Waals surface area contributed by atoms with Crippen LogP contribution in [0.5, 0.6) is 5.75 Å². The number of Topliss-reactive ketones (excluding diaryl/α,β-unsaturated/α-hetero) is 1. The largest absolute Gasteiger partial charge is 0.494 e. The average Bonchev–Trinajstić information content (AvgIpc) is 2.28. The van der Waals surface area contributed by atoms with E-state index < -0.39 is 11.3 Å². The molecule has 0 spiro atoms. The van der Waals surface area contributed by atoms with Crippen LogP contribution in [0.2, 0.25) is 0 Å². The Bertz CT molecular complexity index is 456. The third-order valence-corrected chi connectivity index (χ3v) is 2.94. The van der Waals surface area contributed by atoms with Crippen LogP contribution in [0, 0.1) is 0 Å². The first kappa shape index (κ1) is 14.5. The van der Waals surface area contributed by atoms with E-state index in [1.165, 1.54) is 6.92 Å². The number of carboxylic acids is 1. The highest BCUT2D eigenvalue weighted by molar-refractivity contribution is 6.30. The molecule has 0 heterocycles. The Balaban J connectivity index is 3.15. The zero-order valence-electron chi connectivity index (χ0n) is 10.3. The van der Waals surface area contributed by atoms with Gasteiger partial charge in [0.05, 0.1) is 13.0 Å². The molecule has 1 unspecified atom stereocenters. The van der Waals surface area contributed by atoms with E-state index in [0.717, 1.165) is 0 Å². The Hall–Kier alpha value is -1.55. The summed E-state index contributed by atoms with van der Waals surface area (Å²) in [6.45, 7) is 3.70. The van der Waals surface area contributed by atoms with E-state index in [-0.39, 0.29) is 12.2 Å². The molecule has 1 aromatic carbocycles. The standard InChI is InChI=1S/C13H15ClO4/c1-3-18-10-4-5-11(13(14)8(2)15)9(6-10)7-12(16)17/h4-6,13H,3,7H2,1-2H3,(H,16,17). The zero-order chi connectivity index (χ0) is 13.7. The number of carbonyl (C=O) groups is 2. The summed E-state index contributed by atoms with van der Waals surface area (Å²) in [5, 5.41) is 8.04. The van der Waals surface area contributed by atoms with E-state index in [0.29, 0.717) is 23.5 Å². The molecule has 1 rings (SSSR count). The molecule has 18 heavy (non-hydrogen) atoms. The van der Waals surface area contributed by atoms with Gasteiger partial charge in [0.2, 0.25) is 0 Å². The molecule has 0 aliphatic rings. The van der Waals surface area contributed by atoms with Crippen LogP contribution in [0.3, 0.4) is 0 Å². The molecule has 0 aromatic heterocycles. The average molecular weight is 271 g/mol. The quantitative estimate of drug-likeness (QED) is 0.807.